The molecule has 0 fully saturated rings. The number of aromatic nitrogens is 3. The van der Waals surface area contributed by atoms with E-state index in [4.69, 9.17) is 4.98 Å². The molecule has 132 valence electrons. The van der Waals surface area contributed by atoms with E-state index in [0.29, 0.717) is 11.1 Å². The molecule has 0 amide bonds. The highest BCUT2D eigenvalue weighted by Gasteiger charge is 2.23. The van der Waals surface area contributed by atoms with Crippen LogP contribution >= 0.6 is 34.4 Å². The minimum atomic E-state index is 0.00820. The summed E-state index contributed by atoms with van der Waals surface area (Å²) < 4.78 is 1.19. The normalized spacial score (nSPS) is 17.0. The number of benzene rings is 1. The Morgan fingerprint density at radius 1 is 1.27 bits per heavy atom. The molecule has 1 aliphatic carbocycles. The van der Waals surface area contributed by atoms with Gasteiger partial charge in [-0.05, 0) is 42.9 Å². The van der Waals surface area contributed by atoms with Crippen molar-refractivity contribution < 1.29 is 0 Å². The zero-order chi connectivity index (χ0) is 17.7. The van der Waals surface area contributed by atoms with Gasteiger partial charge in [0, 0.05) is 4.88 Å². The van der Waals surface area contributed by atoms with Crippen LogP contribution in [0.1, 0.15) is 28.8 Å². The van der Waals surface area contributed by atoms with E-state index in [1.165, 1.54) is 15.1 Å². The van der Waals surface area contributed by atoms with Crippen LogP contribution in [-0.2, 0) is 18.6 Å². The Morgan fingerprint density at radius 3 is 3.04 bits per heavy atom. The lowest BCUT2D eigenvalue weighted by molar-refractivity contribution is 0.509. The molecule has 3 aromatic heterocycles. The largest absolute Gasteiger partial charge is 0.301 e. The summed E-state index contributed by atoms with van der Waals surface area (Å²) in [5.41, 5.74) is 2.28. The molecular formula is C19H17N3OS3. The van der Waals surface area contributed by atoms with E-state index in [0.717, 1.165) is 45.8 Å². The van der Waals surface area contributed by atoms with Gasteiger partial charge in [-0.25, -0.2) is 9.97 Å². The molecular weight excluding hydrogens is 382 g/mol. The van der Waals surface area contributed by atoms with Crippen LogP contribution in [-0.4, -0.2) is 15.0 Å². The number of para-hydroxylation sites is 1. The third-order valence-corrected chi connectivity index (χ3v) is 8.07. The van der Waals surface area contributed by atoms with Crippen LogP contribution in [0.3, 0.4) is 0 Å². The topological polar surface area (TPSA) is 58.6 Å². The minimum Gasteiger partial charge on any atom is -0.301 e. The van der Waals surface area contributed by atoms with E-state index >= 15 is 0 Å². The second kappa shape index (κ2) is 6.48. The third kappa shape index (κ3) is 2.88. The van der Waals surface area contributed by atoms with E-state index in [1.807, 2.05) is 18.2 Å². The predicted molar refractivity (Wildman–Crippen MR) is 111 cm³/mol. The smallest absolute Gasteiger partial charge is 0.260 e. The second-order valence-electron chi connectivity index (χ2n) is 6.77. The molecule has 0 saturated carbocycles. The molecule has 4 aromatic rings. The fourth-order valence-electron chi connectivity index (χ4n) is 3.51. The molecule has 3 heterocycles. The number of H-pyrrole nitrogens is 1. The standard InChI is InChI=1S/C19H17N3OS3/c1-10-6-7-11-14(8-10)26-18-16(11)17(23)21-19(22-18)24-9-15-20-12-4-2-3-5-13(12)25-15/h2-5,10H,6-9H2,1H3,(H,21,22,23)/t10-/m0/s1. The Balaban J connectivity index is 1.45. The van der Waals surface area contributed by atoms with Crippen molar-refractivity contribution in [3.63, 3.8) is 0 Å². The van der Waals surface area contributed by atoms with E-state index in [1.54, 1.807) is 34.4 Å². The molecule has 1 N–H and O–H groups in total. The zero-order valence-corrected chi connectivity index (χ0v) is 16.7. The van der Waals surface area contributed by atoms with Crippen molar-refractivity contribution in [2.45, 2.75) is 37.1 Å². The summed E-state index contributed by atoms with van der Waals surface area (Å²) >= 11 is 4.95. The Bertz CT molecular complexity index is 1140. The average molecular weight is 400 g/mol. The number of nitrogens with one attached hydrogen (secondary N) is 1. The number of aromatic amines is 1. The van der Waals surface area contributed by atoms with Gasteiger partial charge in [0.15, 0.2) is 5.16 Å². The Hall–Kier alpha value is -1.70. The number of hydrogen-bond donors (Lipinski definition) is 1. The molecule has 5 rings (SSSR count). The van der Waals surface area contributed by atoms with Crippen LogP contribution in [0.4, 0.5) is 0 Å². The summed E-state index contributed by atoms with van der Waals surface area (Å²) in [5.74, 6) is 1.41. The lowest BCUT2D eigenvalue weighted by atomic mass is 9.89. The molecule has 0 spiro atoms. The number of aryl methyl sites for hydroxylation is 1. The van der Waals surface area contributed by atoms with Crippen molar-refractivity contribution in [1.82, 2.24) is 15.0 Å². The quantitative estimate of drug-likeness (QED) is 0.388. The highest BCUT2D eigenvalue weighted by atomic mass is 32.2. The van der Waals surface area contributed by atoms with Crippen LogP contribution in [0.2, 0.25) is 0 Å². The number of fused-ring (bicyclic) bond motifs is 4. The summed E-state index contributed by atoms with van der Waals surface area (Å²) in [6, 6.07) is 8.16. The number of thioether (sulfide) groups is 1. The first kappa shape index (κ1) is 16.5. The summed E-state index contributed by atoms with van der Waals surface area (Å²) in [7, 11) is 0. The highest BCUT2D eigenvalue weighted by Crippen LogP contribution is 2.36. The molecule has 4 nitrogen and oxygen atoms in total. The van der Waals surface area contributed by atoms with Gasteiger partial charge >= 0.3 is 0 Å². The summed E-state index contributed by atoms with van der Waals surface area (Å²) in [4.78, 5) is 27.3. The first-order chi connectivity index (χ1) is 12.7. The fourth-order valence-corrected chi connectivity index (χ4v) is 6.77. The maximum Gasteiger partial charge on any atom is 0.260 e. The SMILES string of the molecule is C[C@H]1CCc2c(sc3nc(SCc4nc5ccccc5s4)[nH]c(=O)c23)C1. The van der Waals surface area contributed by atoms with Crippen LogP contribution in [0.5, 0.6) is 0 Å². The molecule has 1 atom stereocenters. The van der Waals surface area contributed by atoms with Gasteiger partial charge in [-0.3, -0.25) is 4.79 Å². The zero-order valence-electron chi connectivity index (χ0n) is 14.2. The van der Waals surface area contributed by atoms with Gasteiger partial charge in [0.2, 0.25) is 0 Å². The minimum absolute atomic E-state index is 0.00820. The monoisotopic (exact) mass is 399 g/mol. The van der Waals surface area contributed by atoms with Gasteiger partial charge in [-0.15, -0.1) is 22.7 Å². The first-order valence-electron chi connectivity index (χ1n) is 8.69. The molecule has 0 radical (unpaired) electrons. The maximum absolute atomic E-state index is 12.7. The Morgan fingerprint density at radius 2 is 2.15 bits per heavy atom. The predicted octanol–water partition coefficient (Wildman–Crippen LogP) is 5.01. The van der Waals surface area contributed by atoms with Crippen LogP contribution in [0.25, 0.3) is 20.4 Å². The van der Waals surface area contributed by atoms with Crippen molar-refractivity contribution in [2.24, 2.45) is 5.92 Å². The average Bonchev–Trinajstić information content (AvgIpc) is 3.19. The van der Waals surface area contributed by atoms with Crippen LogP contribution in [0.15, 0.2) is 34.2 Å². The molecule has 1 aliphatic rings. The van der Waals surface area contributed by atoms with Crippen molar-refractivity contribution >= 4 is 54.9 Å². The second-order valence-corrected chi connectivity index (χ2v) is 9.93. The Labute approximate surface area is 162 Å². The van der Waals surface area contributed by atoms with Gasteiger partial charge < -0.3 is 4.98 Å². The molecule has 0 bridgehead atoms. The molecule has 0 saturated heterocycles. The molecule has 0 unspecified atom stereocenters. The van der Waals surface area contributed by atoms with E-state index in [2.05, 4.69) is 23.0 Å². The van der Waals surface area contributed by atoms with E-state index < -0.39 is 0 Å². The van der Waals surface area contributed by atoms with Gasteiger partial charge in [0.05, 0.1) is 21.4 Å². The Kier molecular flexibility index (Phi) is 4.10. The van der Waals surface area contributed by atoms with Crippen molar-refractivity contribution in [3.8, 4) is 0 Å². The van der Waals surface area contributed by atoms with Crippen LogP contribution < -0.4 is 5.56 Å². The summed E-state index contributed by atoms with van der Waals surface area (Å²) in [5, 5.41) is 2.56. The van der Waals surface area contributed by atoms with Gasteiger partial charge in [-0.2, -0.15) is 0 Å². The van der Waals surface area contributed by atoms with Gasteiger partial charge in [-0.1, -0.05) is 30.8 Å². The van der Waals surface area contributed by atoms with Gasteiger partial charge in [0.1, 0.15) is 9.84 Å². The lowest BCUT2D eigenvalue weighted by Crippen LogP contribution is -2.13. The fraction of sp³-hybridized carbons (Fsp3) is 0.316. The number of hydrogen-bond acceptors (Lipinski definition) is 6. The molecule has 1 aromatic carbocycles. The first-order valence-corrected chi connectivity index (χ1v) is 11.3. The number of rotatable bonds is 3. The van der Waals surface area contributed by atoms with Gasteiger partial charge in [0.25, 0.3) is 5.56 Å². The number of thiophene rings is 1. The maximum atomic E-state index is 12.7. The third-order valence-electron chi connectivity index (χ3n) is 4.81. The summed E-state index contributed by atoms with van der Waals surface area (Å²) in [6.45, 7) is 2.28. The highest BCUT2D eigenvalue weighted by molar-refractivity contribution is 7.98. The lowest BCUT2D eigenvalue weighted by Gasteiger charge is -2.17. The van der Waals surface area contributed by atoms with E-state index in [9.17, 15) is 4.79 Å². The van der Waals surface area contributed by atoms with Crippen molar-refractivity contribution in [1.29, 1.82) is 0 Å². The van der Waals surface area contributed by atoms with Crippen molar-refractivity contribution in [3.05, 3.63) is 50.1 Å². The number of nitrogens with zero attached hydrogens (tertiary/aromatic N) is 2. The van der Waals surface area contributed by atoms with Crippen LogP contribution in [0, 0.1) is 5.92 Å². The molecule has 26 heavy (non-hydrogen) atoms. The number of thiazole rings is 1. The molecule has 7 heteroatoms. The molecule has 0 aliphatic heterocycles. The van der Waals surface area contributed by atoms with Crippen molar-refractivity contribution in [2.75, 3.05) is 0 Å². The summed E-state index contributed by atoms with van der Waals surface area (Å²) in [6.07, 6.45) is 3.23. The van der Waals surface area contributed by atoms with E-state index in [-0.39, 0.29) is 5.56 Å².